The van der Waals surface area contributed by atoms with Crippen LogP contribution in [0.15, 0.2) is 4.99 Å². The Hall–Kier alpha value is -1.30. The lowest BCUT2D eigenvalue weighted by molar-refractivity contribution is -0.125. The summed E-state index contributed by atoms with van der Waals surface area (Å²) in [4.78, 5) is 19.4. The summed E-state index contributed by atoms with van der Waals surface area (Å²) < 4.78 is 0. The Balaban J connectivity index is 1.60. The molecule has 1 heterocycles. The third-order valence-electron chi connectivity index (χ3n) is 5.85. The van der Waals surface area contributed by atoms with Gasteiger partial charge >= 0.3 is 0 Å². The molecule has 3 N–H and O–H groups in total. The first-order valence-corrected chi connectivity index (χ1v) is 11.2. The molecule has 1 saturated heterocycles. The molecule has 1 aliphatic heterocycles. The Kier molecular flexibility index (Phi) is 10.6. The molecule has 1 amide bonds. The molecule has 0 aromatic rings. The number of hydrogen-bond donors (Lipinski definition) is 3. The summed E-state index contributed by atoms with van der Waals surface area (Å²) in [5.74, 6) is 1.32. The van der Waals surface area contributed by atoms with Crippen LogP contribution in [0, 0.1) is 5.92 Å². The van der Waals surface area contributed by atoms with Gasteiger partial charge in [0.25, 0.3) is 0 Å². The average Bonchev–Trinajstić information content (AvgIpc) is 2.70. The summed E-state index contributed by atoms with van der Waals surface area (Å²) >= 11 is 0. The van der Waals surface area contributed by atoms with E-state index in [4.69, 9.17) is 0 Å². The number of amides is 1. The van der Waals surface area contributed by atoms with E-state index in [0.717, 1.165) is 50.9 Å². The van der Waals surface area contributed by atoms with E-state index < -0.39 is 0 Å². The molecule has 0 radical (unpaired) electrons. The summed E-state index contributed by atoms with van der Waals surface area (Å²) in [6, 6.07) is 0.724. The fraction of sp³-hybridized carbons (Fsp3) is 0.905. The van der Waals surface area contributed by atoms with Crippen molar-refractivity contribution in [3.63, 3.8) is 0 Å². The predicted molar refractivity (Wildman–Crippen MR) is 113 cm³/mol. The molecule has 2 rings (SSSR count). The zero-order chi connectivity index (χ0) is 19.3. The standard InChI is InChI=1S/C21H41N5O/c1-3-22-21(24-13-9-17-26-16-8-7-10-18(26)2)25-15-14-23-20(27)19-11-5-4-6-12-19/h18-19H,3-17H2,1-2H3,(H,23,27)(H2,22,24,25). The zero-order valence-corrected chi connectivity index (χ0v) is 17.6. The molecule has 6 nitrogen and oxygen atoms in total. The van der Waals surface area contributed by atoms with E-state index in [0.29, 0.717) is 13.1 Å². The number of aliphatic imine (C=N–C) groups is 1. The van der Waals surface area contributed by atoms with E-state index in [1.54, 1.807) is 0 Å². The average molecular weight is 380 g/mol. The number of nitrogens with zero attached hydrogens (tertiary/aromatic N) is 2. The van der Waals surface area contributed by atoms with Gasteiger partial charge in [-0.3, -0.25) is 9.79 Å². The quantitative estimate of drug-likeness (QED) is 0.327. The van der Waals surface area contributed by atoms with Crippen molar-refractivity contribution >= 4 is 11.9 Å². The summed E-state index contributed by atoms with van der Waals surface area (Å²) in [7, 11) is 0. The van der Waals surface area contributed by atoms with E-state index in [9.17, 15) is 4.79 Å². The largest absolute Gasteiger partial charge is 0.357 e. The van der Waals surface area contributed by atoms with Crippen molar-refractivity contribution in [2.24, 2.45) is 10.9 Å². The third-order valence-corrected chi connectivity index (χ3v) is 5.85. The van der Waals surface area contributed by atoms with Gasteiger partial charge in [0.2, 0.25) is 5.91 Å². The number of guanidine groups is 1. The summed E-state index contributed by atoms with van der Waals surface area (Å²) in [5, 5.41) is 9.70. The van der Waals surface area contributed by atoms with E-state index in [-0.39, 0.29) is 11.8 Å². The van der Waals surface area contributed by atoms with Crippen molar-refractivity contribution in [3.8, 4) is 0 Å². The van der Waals surface area contributed by atoms with Crippen LogP contribution in [0.3, 0.4) is 0 Å². The van der Waals surface area contributed by atoms with Crippen LogP contribution in [0.1, 0.15) is 71.6 Å². The maximum absolute atomic E-state index is 12.2. The molecule has 0 aromatic carbocycles. The normalized spacial score (nSPS) is 22.4. The molecular weight excluding hydrogens is 338 g/mol. The van der Waals surface area contributed by atoms with Crippen LogP contribution < -0.4 is 16.0 Å². The van der Waals surface area contributed by atoms with Gasteiger partial charge in [0.05, 0.1) is 0 Å². The Bertz CT molecular complexity index is 448. The molecule has 6 heteroatoms. The minimum Gasteiger partial charge on any atom is -0.357 e. The smallest absolute Gasteiger partial charge is 0.223 e. The molecule has 1 atom stereocenters. The number of likely N-dealkylation sites (tertiary alicyclic amines) is 1. The van der Waals surface area contributed by atoms with Crippen molar-refractivity contribution in [3.05, 3.63) is 0 Å². The maximum atomic E-state index is 12.2. The minimum absolute atomic E-state index is 0.231. The van der Waals surface area contributed by atoms with Gasteiger partial charge in [0.15, 0.2) is 5.96 Å². The lowest BCUT2D eigenvalue weighted by atomic mass is 9.89. The predicted octanol–water partition coefficient (Wildman–Crippen LogP) is 2.50. The summed E-state index contributed by atoms with van der Waals surface area (Å²) in [6.07, 6.45) is 10.9. The number of piperidine rings is 1. The van der Waals surface area contributed by atoms with Gasteiger partial charge in [-0.05, 0) is 52.5 Å². The van der Waals surface area contributed by atoms with Gasteiger partial charge in [-0.2, -0.15) is 0 Å². The molecule has 0 spiro atoms. The second-order valence-electron chi connectivity index (χ2n) is 8.05. The first-order chi connectivity index (χ1) is 13.2. The SMILES string of the molecule is CCNC(=NCCCN1CCCCC1C)NCCNC(=O)C1CCCCC1. The van der Waals surface area contributed by atoms with Crippen LogP contribution in [0.2, 0.25) is 0 Å². The van der Waals surface area contributed by atoms with E-state index in [1.165, 1.54) is 45.1 Å². The van der Waals surface area contributed by atoms with Crippen LogP contribution in [-0.4, -0.2) is 62.1 Å². The van der Waals surface area contributed by atoms with Crippen LogP contribution in [0.5, 0.6) is 0 Å². The molecular formula is C21H41N5O. The molecule has 0 aromatic heterocycles. The van der Waals surface area contributed by atoms with Gasteiger partial charge in [0, 0.05) is 44.7 Å². The monoisotopic (exact) mass is 379 g/mol. The highest BCUT2D eigenvalue weighted by Gasteiger charge is 2.20. The van der Waals surface area contributed by atoms with E-state index >= 15 is 0 Å². The minimum atomic E-state index is 0.231. The first-order valence-electron chi connectivity index (χ1n) is 11.2. The molecule has 27 heavy (non-hydrogen) atoms. The molecule has 2 fully saturated rings. The number of carbonyl (C=O) groups is 1. The van der Waals surface area contributed by atoms with Crippen molar-refractivity contribution in [1.29, 1.82) is 0 Å². The summed E-state index contributed by atoms with van der Waals surface area (Å²) in [6.45, 7) is 9.87. The van der Waals surface area contributed by atoms with Gasteiger partial charge in [-0.1, -0.05) is 25.7 Å². The number of carbonyl (C=O) groups excluding carboxylic acids is 1. The number of rotatable bonds is 9. The second-order valence-corrected chi connectivity index (χ2v) is 8.05. The number of nitrogens with one attached hydrogen (secondary N) is 3. The highest BCUT2D eigenvalue weighted by Crippen LogP contribution is 2.23. The highest BCUT2D eigenvalue weighted by molar-refractivity contribution is 5.80. The topological polar surface area (TPSA) is 68.8 Å². The van der Waals surface area contributed by atoms with Gasteiger partial charge in [0.1, 0.15) is 0 Å². The Labute approximate surface area is 165 Å². The summed E-state index contributed by atoms with van der Waals surface area (Å²) in [5.41, 5.74) is 0. The van der Waals surface area contributed by atoms with Crippen LogP contribution in [0.4, 0.5) is 0 Å². The highest BCUT2D eigenvalue weighted by atomic mass is 16.1. The van der Waals surface area contributed by atoms with Crippen molar-refractivity contribution < 1.29 is 4.79 Å². The third kappa shape index (κ3) is 8.50. The molecule has 1 unspecified atom stereocenters. The van der Waals surface area contributed by atoms with Crippen molar-refractivity contribution in [1.82, 2.24) is 20.9 Å². The lowest BCUT2D eigenvalue weighted by Crippen LogP contribution is -2.43. The van der Waals surface area contributed by atoms with Gasteiger partial charge in [-0.25, -0.2) is 0 Å². The lowest BCUT2D eigenvalue weighted by Gasteiger charge is -2.33. The Morgan fingerprint density at radius 3 is 2.48 bits per heavy atom. The fourth-order valence-corrected chi connectivity index (χ4v) is 4.17. The van der Waals surface area contributed by atoms with Gasteiger partial charge in [-0.15, -0.1) is 0 Å². The van der Waals surface area contributed by atoms with Crippen LogP contribution in [-0.2, 0) is 4.79 Å². The number of hydrogen-bond acceptors (Lipinski definition) is 3. The zero-order valence-electron chi connectivity index (χ0n) is 17.6. The Morgan fingerprint density at radius 2 is 1.74 bits per heavy atom. The van der Waals surface area contributed by atoms with Crippen LogP contribution in [0.25, 0.3) is 0 Å². The molecule has 1 saturated carbocycles. The van der Waals surface area contributed by atoms with E-state index in [1.807, 2.05) is 0 Å². The fourth-order valence-electron chi connectivity index (χ4n) is 4.17. The molecule has 0 bridgehead atoms. The molecule has 156 valence electrons. The Morgan fingerprint density at radius 1 is 1.00 bits per heavy atom. The van der Waals surface area contributed by atoms with E-state index in [2.05, 4.69) is 39.7 Å². The molecule has 2 aliphatic rings. The van der Waals surface area contributed by atoms with Gasteiger partial charge < -0.3 is 20.9 Å². The maximum Gasteiger partial charge on any atom is 0.223 e. The van der Waals surface area contributed by atoms with Crippen LogP contribution >= 0.6 is 0 Å². The first kappa shape index (κ1) is 22.0. The van der Waals surface area contributed by atoms with Crippen molar-refractivity contribution in [2.75, 3.05) is 39.3 Å². The van der Waals surface area contributed by atoms with Crippen molar-refractivity contribution in [2.45, 2.75) is 77.7 Å². The second kappa shape index (κ2) is 13.0. The molecule has 1 aliphatic carbocycles.